The van der Waals surface area contributed by atoms with Crippen LogP contribution in [-0.2, 0) is 0 Å². The number of hydrogen-bond acceptors (Lipinski definition) is 1. The predicted molar refractivity (Wildman–Crippen MR) is 84.2 cm³/mol. The second kappa shape index (κ2) is 10.5. The molecule has 0 radical (unpaired) electrons. The molecule has 0 bridgehead atoms. The molecule has 2 saturated carbocycles. The molecule has 0 unspecified atom stereocenters. The van der Waals surface area contributed by atoms with Gasteiger partial charge in [-0.1, -0.05) is 51.2 Å². The molecular formula is C18H34O. The van der Waals surface area contributed by atoms with Crippen LogP contribution in [0.5, 0.6) is 0 Å². The number of hydrogen-bond donors (Lipinski definition) is 1. The zero-order valence-corrected chi connectivity index (χ0v) is 13.1. The smallest absolute Gasteiger partial charge is 0.0319 e. The van der Waals surface area contributed by atoms with Gasteiger partial charge in [-0.05, 0) is 56.3 Å². The van der Waals surface area contributed by atoms with Crippen LogP contribution in [0.3, 0.4) is 0 Å². The summed E-state index contributed by atoms with van der Waals surface area (Å²) in [6.07, 6.45) is 21.3. The van der Waals surface area contributed by atoms with Gasteiger partial charge in [0.05, 0.1) is 0 Å². The van der Waals surface area contributed by atoms with Crippen molar-refractivity contribution in [2.45, 2.75) is 77.6 Å². The van der Waals surface area contributed by atoms with Gasteiger partial charge in [-0.2, -0.15) is 0 Å². The third-order valence-corrected chi connectivity index (χ3v) is 4.89. The number of allylic oxidation sites excluding steroid dienone is 2. The Balaban J connectivity index is 0.000000861. The molecule has 0 aromatic heterocycles. The van der Waals surface area contributed by atoms with Crippen molar-refractivity contribution >= 4 is 0 Å². The lowest BCUT2D eigenvalue weighted by Crippen LogP contribution is -2.13. The lowest BCUT2D eigenvalue weighted by molar-refractivity contribution is 0.293. The van der Waals surface area contributed by atoms with Crippen molar-refractivity contribution in [2.24, 2.45) is 17.8 Å². The van der Waals surface area contributed by atoms with Crippen LogP contribution in [0, 0.1) is 17.8 Å². The molecular weight excluding hydrogens is 232 g/mol. The molecule has 1 heteroatoms. The largest absolute Gasteiger partial charge is 0.400 e. The van der Waals surface area contributed by atoms with Crippen molar-refractivity contribution in [3.8, 4) is 0 Å². The van der Waals surface area contributed by atoms with E-state index in [1.807, 2.05) is 0 Å². The first-order valence-electron chi connectivity index (χ1n) is 8.51. The summed E-state index contributed by atoms with van der Waals surface area (Å²) >= 11 is 0. The van der Waals surface area contributed by atoms with Gasteiger partial charge in [0.25, 0.3) is 0 Å². The first-order chi connectivity index (χ1) is 9.38. The van der Waals surface area contributed by atoms with Crippen molar-refractivity contribution in [3.63, 3.8) is 0 Å². The monoisotopic (exact) mass is 266 g/mol. The Morgan fingerprint density at radius 3 is 1.84 bits per heavy atom. The third kappa shape index (κ3) is 6.61. The van der Waals surface area contributed by atoms with E-state index in [0.717, 1.165) is 24.9 Å². The van der Waals surface area contributed by atoms with Gasteiger partial charge in [0.15, 0.2) is 0 Å². The predicted octanol–water partition coefficient (Wildman–Crippen LogP) is 5.34. The van der Waals surface area contributed by atoms with Crippen LogP contribution in [0.15, 0.2) is 12.2 Å². The lowest BCUT2D eigenvalue weighted by Gasteiger charge is -2.27. The summed E-state index contributed by atoms with van der Waals surface area (Å²) < 4.78 is 0. The molecule has 2 aliphatic rings. The summed E-state index contributed by atoms with van der Waals surface area (Å²) in [5.74, 6) is 2.90. The average Bonchev–Trinajstić information content (AvgIpc) is 2.50. The standard InChI is InChI=1S/C17H30.CH4O/c1-2-6-15-9-12-17(13-10-15)14-11-16-7-4-3-5-8-16;1-2/h11,14-17H,2-10,12-13H2,1H3;2H,1H3/b14-11+;. The second-order valence-corrected chi connectivity index (χ2v) is 6.35. The minimum absolute atomic E-state index is 0.921. The van der Waals surface area contributed by atoms with Crippen molar-refractivity contribution in [1.82, 2.24) is 0 Å². The van der Waals surface area contributed by atoms with E-state index < -0.39 is 0 Å². The topological polar surface area (TPSA) is 20.2 Å². The van der Waals surface area contributed by atoms with E-state index in [0.29, 0.717) is 0 Å². The highest BCUT2D eigenvalue weighted by atomic mass is 16.2. The van der Waals surface area contributed by atoms with E-state index in [2.05, 4.69) is 19.1 Å². The molecule has 0 aromatic carbocycles. The Hall–Kier alpha value is -0.300. The highest BCUT2D eigenvalue weighted by Gasteiger charge is 2.19. The van der Waals surface area contributed by atoms with Crippen LogP contribution in [0.1, 0.15) is 77.6 Å². The highest BCUT2D eigenvalue weighted by molar-refractivity contribution is 4.95. The van der Waals surface area contributed by atoms with Crippen LogP contribution >= 0.6 is 0 Å². The van der Waals surface area contributed by atoms with Crippen LogP contribution in [-0.4, -0.2) is 12.2 Å². The highest BCUT2D eigenvalue weighted by Crippen LogP contribution is 2.33. The molecule has 0 heterocycles. The fourth-order valence-electron chi connectivity index (χ4n) is 3.72. The molecule has 112 valence electrons. The summed E-state index contributed by atoms with van der Waals surface area (Å²) in [6.45, 7) is 2.33. The molecule has 1 N–H and O–H groups in total. The molecule has 0 spiro atoms. The molecule has 0 aliphatic heterocycles. The molecule has 0 aromatic rings. The molecule has 0 saturated heterocycles. The van der Waals surface area contributed by atoms with Gasteiger partial charge in [-0.15, -0.1) is 0 Å². The zero-order chi connectivity index (χ0) is 13.9. The SMILES string of the molecule is CCCC1CCC(/C=C/C2CCCCC2)CC1.CO. The van der Waals surface area contributed by atoms with Crippen LogP contribution in [0.4, 0.5) is 0 Å². The average molecular weight is 266 g/mol. The van der Waals surface area contributed by atoms with Crippen LogP contribution in [0.25, 0.3) is 0 Å². The molecule has 2 fully saturated rings. The molecule has 0 atom stereocenters. The van der Waals surface area contributed by atoms with Gasteiger partial charge < -0.3 is 5.11 Å². The lowest BCUT2D eigenvalue weighted by atomic mass is 9.79. The number of aliphatic hydroxyl groups excluding tert-OH is 1. The van der Waals surface area contributed by atoms with Gasteiger partial charge in [0.2, 0.25) is 0 Å². The first kappa shape index (κ1) is 16.8. The minimum Gasteiger partial charge on any atom is -0.400 e. The fraction of sp³-hybridized carbons (Fsp3) is 0.889. The zero-order valence-electron chi connectivity index (χ0n) is 13.1. The molecule has 2 rings (SSSR count). The number of aliphatic hydroxyl groups is 1. The number of rotatable bonds is 4. The Morgan fingerprint density at radius 2 is 1.32 bits per heavy atom. The Kier molecular flexibility index (Phi) is 9.24. The van der Waals surface area contributed by atoms with E-state index in [-0.39, 0.29) is 0 Å². The van der Waals surface area contributed by atoms with Crippen molar-refractivity contribution in [2.75, 3.05) is 7.11 Å². The normalized spacial score (nSPS) is 29.0. The molecule has 1 nitrogen and oxygen atoms in total. The van der Waals surface area contributed by atoms with Gasteiger partial charge in [0.1, 0.15) is 0 Å². The Bertz CT molecular complexity index is 220. The Labute approximate surface area is 120 Å². The first-order valence-corrected chi connectivity index (χ1v) is 8.51. The minimum atomic E-state index is 0.921. The second-order valence-electron chi connectivity index (χ2n) is 6.35. The summed E-state index contributed by atoms with van der Waals surface area (Å²) in [4.78, 5) is 0. The van der Waals surface area contributed by atoms with E-state index >= 15 is 0 Å². The molecule has 0 amide bonds. The van der Waals surface area contributed by atoms with Gasteiger partial charge in [-0.25, -0.2) is 0 Å². The molecule has 2 aliphatic carbocycles. The van der Waals surface area contributed by atoms with E-state index in [4.69, 9.17) is 5.11 Å². The maximum atomic E-state index is 7.00. The van der Waals surface area contributed by atoms with E-state index in [1.54, 1.807) is 0 Å². The van der Waals surface area contributed by atoms with E-state index in [9.17, 15) is 0 Å². The van der Waals surface area contributed by atoms with Gasteiger partial charge >= 0.3 is 0 Å². The van der Waals surface area contributed by atoms with Crippen molar-refractivity contribution in [1.29, 1.82) is 0 Å². The third-order valence-electron chi connectivity index (χ3n) is 4.89. The summed E-state index contributed by atoms with van der Waals surface area (Å²) in [5, 5.41) is 7.00. The summed E-state index contributed by atoms with van der Waals surface area (Å²) in [5.41, 5.74) is 0. The quantitative estimate of drug-likeness (QED) is 0.681. The van der Waals surface area contributed by atoms with Gasteiger partial charge in [0, 0.05) is 7.11 Å². The maximum Gasteiger partial charge on any atom is 0.0319 e. The fourth-order valence-corrected chi connectivity index (χ4v) is 3.72. The Morgan fingerprint density at radius 1 is 0.789 bits per heavy atom. The van der Waals surface area contributed by atoms with E-state index in [1.165, 1.54) is 70.6 Å². The van der Waals surface area contributed by atoms with Crippen molar-refractivity contribution < 1.29 is 5.11 Å². The summed E-state index contributed by atoms with van der Waals surface area (Å²) in [6, 6.07) is 0. The van der Waals surface area contributed by atoms with Crippen LogP contribution < -0.4 is 0 Å². The van der Waals surface area contributed by atoms with Crippen molar-refractivity contribution in [3.05, 3.63) is 12.2 Å². The van der Waals surface area contributed by atoms with Gasteiger partial charge in [-0.3, -0.25) is 0 Å². The summed E-state index contributed by atoms with van der Waals surface area (Å²) in [7, 11) is 1.00. The molecule has 19 heavy (non-hydrogen) atoms. The van der Waals surface area contributed by atoms with Crippen LogP contribution in [0.2, 0.25) is 0 Å². The maximum absolute atomic E-state index is 7.00.